The van der Waals surface area contributed by atoms with Crippen LogP contribution in [0.5, 0.6) is 11.5 Å². The largest absolute Gasteiger partial charge is 0.493 e. The maximum absolute atomic E-state index is 12.5. The van der Waals surface area contributed by atoms with Gasteiger partial charge in [-0.05, 0) is 37.0 Å². The lowest BCUT2D eigenvalue weighted by Crippen LogP contribution is -2.22. The summed E-state index contributed by atoms with van der Waals surface area (Å²) in [5.41, 5.74) is 0.764. The highest BCUT2D eigenvalue weighted by Gasteiger charge is 2.20. The molecule has 0 saturated carbocycles. The molecule has 0 aliphatic carbocycles. The molecule has 0 bridgehead atoms. The number of hydrogen-bond acceptors (Lipinski definition) is 5. The molecule has 2 aromatic carbocycles. The highest BCUT2D eigenvalue weighted by Crippen LogP contribution is 2.36. The Balaban J connectivity index is 1.94. The quantitative estimate of drug-likeness (QED) is 0.253. The topological polar surface area (TPSA) is 90.7 Å². The second kappa shape index (κ2) is 11.5. The van der Waals surface area contributed by atoms with Crippen LogP contribution in [0.1, 0.15) is 24.0 Å². The minimum absolute atomic E-state index is 0.0256. The Hall–Kier alpha value is -3.49. The van der Waals surface area contributed by atoms with Crippen molar-refractivity contribution in [3.05, 3.63) is 69.8 Å². The van der Waals surface area contributed by atoms with Crippen LogP contribution in [0, 0.1) is 10.1 Å². The molecule has 1 N–H and O–H groups in total. The Bertz CT molecular complexity index is 888. The van der Waals surface area contributed by atoms with Crippen molar-refractivity contribution in [3.63, 3.8) is 0 Å². The Morgan fingerprint density at radius 2 is 1.93 bits per heavy atom. The van der Waals surface area contributed by atoms with Crippen LogP contribution in [0.15, 0.2) is 48.5 Å². The van der Waals surface area contributed by atoms with Crippen molar-refractivity contribution in [1.82, 2.24) is 5.32 Å². The molecule has 0 fully saturated rings. The molecule has 0 saturated heterocycles. The molecule has 7 nitrogen and oxygen atoms in total. The fraction of sp³-hybridized carbons (Fsp3) is 0.286. The van der Waals surface area contributed by atoms with Gasteiger partial charge in [-0.1, -0.05) is 30.3 Å². The predicted molar refractivity (Wildman–Crippen MR) is 108 cm³/mol. The number of nitro benzene ring substituents is 1. The zero-order chi connectivity index (χ0) is 21.9. The number of aryl methyl sites for hydroxylation is 1. The standard InChI is InChI=1S/C21H22F2N2O5/c1-29-18-13-16(17(25(27)28)14-19(18)30-21(22)23)10-11-20(26)24-12-6-5-9-15-7-3-2-4-8-15/h2-4,7-8,10-11,13-14,21H,5-6,9,12H2,1H3,(H,24,26)/b11-10+. The van der Waals surface area contributed by atoms with Crippen molar-refractivity contribution in [3.8, 4) is 11.5 Å². The zero-order valence-electron chi connectivity index (χ0n) is 16.3. The van der Waals surface area contributed by atoms with Gasteiger partial charge >= 0.3 is 6.61 Å². The third-order valence-corrected chi connectivity index (χ3v) is 4.17. The summed E-state index contributed by atoms with van der Waals surface area (Å²) in [6.07, 6.45) is 4.97. The number of amides is 1. The molecule has 0 aromatic heterocycles. The van der Waals surface area contributed by atoms with Gasteiger partial charge in [0.25, 0.3) is 5.69 Å². The van der Waals surface area contributed by atoms with Gasteiger partial charge in [-0.15, -0.1) is 0 Å². The van der Waals surface area contributed by atoms with Crippen LogP contribution in [0.4, 0.5) is 14.5 Å². The normalized spacial score (nSPS) is 10.9. The molecule has 0 radical (unpaired) electrons. The van der Waals surface area contributed by atoms with Crippen LogP contribution in [-0.2, 0) is 11.2 Å². The molecule has 2 aromatic rings. The summed E-state index contributed by atoms with van der Waals surface area (Å²) in [6.45, 7) is -2.70. The number of carbonyl (C=O) groups is 1. The second-order valence-corrected chi connectivity index (χ2v) is 6.26. The number of methoxy groups -OCH3 is 1. The van der Waals surface area contributed by atoms with Gasteiger partial charge < -0.3 is 14.8 Å². The smallest absolute Gasteiger partial charge is 0.387 e. The number of benzene rings is 2. The molecular weight excluding hydrogens is 398 g/mol. The lowest BCUT2D eigenvalue weighted by Gasteiger charge is -2.10. The number of unbranched alkanes of at least 4 members (excludes halogenated alkanes) is 1. The highest BCUT2D eigenvalue weighted by molar-refractivity contribution is 5.92. The van der Waals surface area contributed by atoms with Crippen LogP contribution in [-0.4, -0.2) is 31.1 Å². The number of alkyl halides is 2. The van der Waals surface area contributed by atoms with Gasteiger partial charge in [0.1, 0.15) is 0 Å². The fourth-order valence-corrected chi connectivity index (χ4v) is 2.74. The van der Waals surface area contributed by atoms with E-state index in [1.165, 1.54) is 24.8 Å². The number of nitrogens with one attached hydrogen (secondary N) is 1. The molecule has 0 spiro atoms. The maximum atomic E-state index is 12.5. The minimum Gasteiger partial charge on any atom is -0.493 e. The van der Waals surface area contributed by atoms with E-state index in [9.17, 15) is 23.7 Å². The van der Waals surface area contributed by atoms with Crippen LogP contribution in [0.25, 0.3) is 6.08 Å². The van der Waals surface area contributed by atoms with E-state index >= 15 is 0 Å². The van der Waals surface area contributed by atoms with Gasteiger partial charge in [-0.3, -0.25) is 14.9 Å². The van der Waals surface area contributed by atoms with E-state index in [0.29, 0.717) is 6.54 Å². The number of hydrogen-bond donors (Lipinski definition) is 1. The van der Waals surface area contributed by atoms with E-state index in [2.05, 4.69) is 10.1 Å². The van der Waals surface area contributed by atoms with E-state index in [1.807, 2.05) is 30.3 Å². The molecule has 0 aliphatic rings. The van der Waals surface area contributed by atoms with Crippen molar-refractivity contribution in [2.24, 2.45) is 0 Å². The summed E-state index contributed by atoms with van der Waals surface area (Å²) >= 11 is 0. The van der Waals surface area contributed by atoms with E-state index in [4.69, 9.17) is 4.74 Å². The Morgan fingerprint density at radius 1 is 1.20 bits per heavy atom. The zero-order valence-corrected chi connectivity index (χ0v) is 16.3. The van der Waals surface area contributed by atoms with Crippen molar-refractivity contribution in [1.29, 1.82) is 0 Å². The average Bonchev–Trinajstić information content (AvgIpc) is 2.72. The molecule has 1 amide bonds. The molecule has 9 heteroatoms. The molecule has 30 heavy (non-hydrogen) atoms. The number of nitrogens with zero attached hydrogens (tertiary/aromatic N) is 1. The summed E-state index contributed by atoms with van der Waals surface area (Å²) in [4.78, 5) is 22.5. The predicted octanol–water partition coefficient (Wildman–Crippen LogP) is 4.36. The van der Waals surface area contributed by atoms with Gasteiger partial charge in [0.05, 0.1) is 23.7 Å². The lowest BCUT2D eigenvalue weighted by molar-refractivity contribution is -0.385. The number of carbonyl (C=O) groups excluding carboxylic acids is 1. The monoisotopic (exact) mass is 420 g/mol. The van der Waals surface area contributed by atoms with E-state index in [0.717, 1.165) is 31.4 Å². The first kappa shape index (κ1) is 22.8. The van der Waals surface area contributed by atoms with E-state index < -0.39 is 28.9 Å². The SMILES string of the molecule is COc1cc(/C=C/C(=O)NCCCCc2ccccc2)c([N+](=O)[O-])cc1OC(F)F. The number of nitro groups is 1. The maximum Gasteiger partial charge on any atom is 0.387 e. The lowest BCUT2D eigenvalue weighted by atomic mass is 10.1. The number of halogens is 2. The van der Waals surface area contributed by atoms with Crippen LogP contribution in [0.2, 0.25) is 0 Å². The minimum atomic E-state index is -3.16. The first-order valence-corrected chi connectivity index (χ1v) is 9.21. The van der Waals surface area contributed by atoms with Crippen LogP contribution >= 0.6 is 0 Å². The molecule has 0 atom stereocenters. The first-order chi connectivity index (χ1) is 14.4. The molecule has 2 rings (SSSR count). The molecule has 0 unspecified atom stereocenters. The third kappa shape index (κ3) is 7.16. The summed E-state index contributed by atoms with van der Waals surface area (Å²) < 4.78 is 34.1. The Morgan fingerprint density at radius 3 is 2.57 bits per heavy atom. The Kier molecular flexibility index (Phi) is 8.74. The van der Waals surface area contributed by atoms with E-state index in [1.54, 1.807) is 0 Å². The molecule has 160 valence electrons. The molecule has 0 heterocycles. The van der Waals surface area contributed by atoms with Crippen LogP contribution in [0.3, 0.4) is 0 Å². The first-order valence-electron chi connectivity index (χ1n) is 9.21. The van der Waals surface area contributed by atoms with E-state index in [-0.39, 0.29) is 11.3 Å². The van der Waals surface area contributed by atoms with Crippen molar-refractivity contribution >= 4 is 17.7 Å². The fourth-order valence-electron chi connectivity index (χ4n) is 2.74. The Labute approximate surface area is 172 Å². The summed E-state index contributed by atoms with van der Waals surface area (Å²) in [7, 11) is 1.22. The summed E-state index contributed by atoms with van der Waals surface area (Å²) in [5, 5.41) is 14.0. The average molecular weight is 420 g/mol. The third-order valence-electron chi connectivity index (χ3n) is 4.17. The molecular formula is C21H22F2N2O5. The van der Waals surface area contributed by atoms with Gasteiger partial charge in [0.2, 0.25) is 5.91 Å². The molecule has 0 aliphatic heterocycles. The highest BCUT2D eigenvalue weighted by atomic mass is 19.3. The summed E-state index contributed by atoms with van der Waals surface area (Å²) in [5.74, 6) is -0.989. The van der Waals surface area contributed by atoms with Gasteiger partial charge in [-0.25, -0.2) is 0 Å². The van der Waals surface area contributed by atoms with Crippen molar-refractivity contribution < 1.29 is 28.0 Å². The summed E-state index contributed by atoms with van der Waals surface area (Å²) in [6, 6.07) is 12.0. The van der Waals surface area contributed by atoms with Crippen molar-refractivity contribution in [2.45, 2.75) is 25.9 Å². The second-order valence-electron chi connectivity index (χ2n) is 6.26. The number of ether oxygens (including phenoxy) is 2. The van der Waals surface area contributed by atoms with Crippen LogP contribution < -0.4 is 14.8 Å². The van der Waals surface area contributed by atoms with Gasteiger partial charge in [-0.2, -0.15) is 8.78 Å². The van der Waals surface area contributed by atoms with Crippen molar-refractivity contribution in [2.75, 3.05) is 13.7 Å². The number of rotatable bonds is 11. The van der Waals surface area contributed by atoms with Gasteiger partial charge in [0.15, 0.2) is 11.5 Å². The van der Waals surface area contributed by atoms with Gasteiger partial charge in [0, 0.05) is 12.6 Å².